The zero-order valence-corrected chi connectivity index (χ0v) is 15.5. The van der Waals surface area contributed by atoms with Crippen LogP contribution in [0.5, 0.6) is 0 Å². The molecule has 6 rings (SSSR count). The number of para-hydroxylation sites is 1. The molecule has 0 bridgehead atoms. The third-order valence-corrected chi connectivity index (χ3v) is 5.03. The first-order valence-corrected chi connectivity index (χ1v) is 9.08. The normalized spacial score (nSPS) is 11.8. The zero-order valence-electron chi connectivity index (χ0n) is 14.8. The smallest absolute Gasteiger partial charge is 0.296 e. The molecule has 6 aromatic rings. The van der Waals surface area contributed by atoms with Crippen molar-refractivity contribution in [2.45, 2.75) is 0 Å². The molecule has 2 aromatic carbocycles. The first-order valence-electron chi connectivity index (χ1n) is 8.70. The van der Waals surface area contributed by atoms with Crippen molar-refractivity contribution in [3.8, 4) is 23.1 Å². The summed E-state index contributed by atoms with van der Waals surface area (Å²) in [6.07, 6.45) is 1.57. The Balaban J connectivity index is 1.63. The van der Waals surface area contributed by atoms with Crippen LogP contribution in [0.15, 0.2) is 53.2 Å². The standard InChI is InChI=1S/C19H8ClF2N7O/c20-19-23-8-14-28(19)13-4-2-1-3-11(13)16-25-26-17(29(14)16)18-24-15(27-30-18)10-6-5-9(21)7-12(10)22/h1-8H. The number of hydrogen-bond acceptors (Lipinski definition) is 6. The van der Waals surface area contributed by atoms with E-state index in [0.717, 1.165) is 23.0 Å². The van der Waals surface area contributed by atoms with E-state index in [4.69, 9.17) is 16.1 Å². The van der Waals surface area contributed by atoms with E-state index in [1.807, 2.05) is 24.3 Å². The molecule has 0 saturated carbocycles. The fourth-order valence-corrected chi connectivity index (χ4v) is 3.69. The molecule has 0 aliphatic rings. The molecule has 146 valence electrons. The molecule has 0 atom stereocenters. The number of rotatable bonds is 2. The Labute approximate surface area is 170 Å². The molecule has 0 amide bonds. The second-order valence-electron chi connectivity index (χ2n) is 6.47. The van der Waals surface area contributed by atoms with Gasteiger partial charge in [0.15, 0.2) is 5.65 Å². The highest BCUT2D eigenvalue weighted by atomic mass is 35.5. The fourth-order valence-electron chi connectivity index (χ4n) is 3.47. The molecule has 30 heavy (non-hydrogen) atoms. The van der Waals surface area contributed by atoms with Gasteiger partial charge in [-0.25, -0.2) is 13.8 Å². The summed E-state index contributed by atoms with van der Waals surface area (Å²) in [4.78, 5) is 8.41. The highest BCUT2D eigenvalue weighted by Gasteiger charge is 2.22. The molecule has 8 nitrogen and oxygen atoms in total. The number of fused-ring (bicyclic) bond motifs is 6. The van der Waals surface area contributed by atoms with Crippen LogP contribution in [0.2, 0.25) is 5.28 Å². The molecule has 11 heteroatoms. The number of benzene rings is 2. The summed E-state index contributed by atoms with van der Waals surface area (Å²) in [6, 6.07) is 10.6. The van der Waals surface area contributed by atoms with E-state index in [2.05, 4.69) is 25.3 Å². The van der Waals surface area contributed by atoms with Crippen molar-refractivity contribution in [1.29, 1.82) is 0 Å². The lowest BCUT2D eigenvalue weighted by atomic mass is 10.2. The quantitative estimate of drug-likeness (QED) is 0.415. The second-order valence-corrected chi connectivity index (χ2v) is 6.81. The predicted octanol–water partition coefficient (Wildman–Crippen LogP) is 4.18. The average molecular weight is 424 g/mol. The number of hydrogen-bond donors (Lipinski definition) is 0. The number of halogens is 3. The minimum atomic E-state index is -0.801. The van der Waals surface area contributed by atoms with Gasteiger partial charge in [0, 0.05) is 11.5 Å². The average Bonchev–Trinajstić information content (AvgIpc) is 3.46. The minimum absolute atomic E-state index is 0.00298. The Morgan fingerprint density at radius 1 is 1.00 bits per heavy atom. The SMILES string of the molecule is Fc1ccc(-c2noc(-c3nnc4c5ccccc5n5c(Cl)ncc5n34)n2)c(F)c1. The molecule has 0 N–H and O–H groups in total. The Hall–Kier alpha value is -3.92. The van der Waals surface area contributed by atoms with Crippen LogP contribution in [0, 0.1) is 11.6 Å². The van der Waals surface area contributed by atoms with E-state index in [9.17, 15) is 8.78 Å². The van der Waals surface area contributed by atoms with Gasteiger partial charge in [0.25, 0.3) is 5.89 Å². The van der Waals surface area contributed by atoms with Crippen LogP contribution in [0.4, 0.5) is 8.78 Å². The van der Waals surface area contributed by atoms with Gasteiger partial charge in [-0.3, -0.25) is 8.80 Å². The van der Waals surface area contributed by atoms with Crippen molar-refractivity contribution >= 4 is 33.8 Å². The summed E-state index contributed by atoms with van der Waals surface area (Å²) in [7, 11) is 0. The Bertz CT molecular complexity index is 1600. The molecule has 0 aliphatic heterocycles. The molecule has 0 radical (unpaired) electrons. The maximum absolute atomic E-state index is 14.1. The summed E-state index contributed by atoms with van der Waals surface area (Å²) in [5.74, 6) is -1.29. The highest BCUT2D eigenvalue weighted by molar-refractivity contribution is 6.29. The molecule has 0 unspecified atom stereocenters. The van der Waals surface area contributed by atoms with Crippen molar-refractivity contribution in [1.82, 2.24) is 34.1 Å². The summed E-state index contributed by atoms with van der Waals surface area (Å²) in [6.45, 7) is 0. The van der Waals surface area contributed by atoms with Gasteiger partial charge in [0.1, 0.15) is 17.3 Å². The lowest BCUT2D eigenvalue weighted by molar-refractivity contribution is 0.428. The first kappa shape index (κ1) is 17.0. The van der Waals surface area contributed by atoms with E-state index < -0.39 is 11.6 Å². The van der Waals surface area contributed by atoms with Crippen LogP contribution in [-0.2, 0) is 0 Å². The monoisotopic (exact) mass is 423 g/mol. The van der Waals surface area contributed by atoms with Gasteiger partial charge in [-0.1, -0.05) is 17.3 Å². The van der Waals surface area contributed by atoms with Crippen molar-refractivity contribution < 1.29 is 13.3 Å². The van der Waals surface area contributed by atoms with Crippen LogP contribution >= 0.6 is 11.6 Å². The topological polar surface area (TPSA) is 86.4 Å². The molecule has 0 spiro atoms. The molecule has 4 heterocycles. The largest absolute Gasteiger partial charge is 0.330 e. The van der Waals surface area contributed by atoms with E-state index in [1.54, 1.807) is 15.0 Å². The lowest BCUT2D eigenvalue weighted by Gasteiger charge is -2.06. The van der Waals surface area contributed by atoms with Gasteiger partial charge in [-0.2, -0.15) is 4.98 Å². The molecule has 0 aliphatic carbocycles. The number of aromatic nitrogens is 7. The van der Waals surface area contributed by atoms with E-state index in [1.165, 1.54) is 6.07 Å². The maximum Gasteiger partial charge on any atom is 0.296 e. The van der Waals surface area contributed by atoms with Crippen molar-refractivity contribution in [2.24, 2.45) is 0 Å². The third kappa shape index (κ3) is 2.28. The van der Waals surface area contributed by atoms with Crippen LogP contribution in [0.1, 0.15) is 0 Å². The lowest BCUT2D eigenvalue weighted by Crippen LogP contribution is -1.99. The van der Waals surface area contributed by atoms with Crippen LogP contribution < -0.4 is 0 Å². The van der Waals surface area contributed by atoms with Gasteiger partial charge in [-0.05, 0) is 35.9 Å². The van der Waals surface area contributed by atoms with Crippen molar-refractivity contribution in [2.75, 3.05) is 0 Å². The number of imidazole rings is 1. The molecule has 0 saturated heterocycles. The second kappa shape index (κ2) is 6.04. The van der Waals surface area contributed by atoms with Crippen LogP contribution in [0.25, 0.3) is 45.3 Å². The van der Waals surface area contributed by atoms with Gasteiger partial charge < -0.3 is 4.52 Å². The Morgan fingerprint density at radius 2 is 1.87 bits per heavy atom. The molecular formula is C19H8ClF2N7O. The molecular weight excluding hydrogens is 416 g/mol. The predicted molar refractivity (Wildman–Crippen MR) is 103 cm³/mol. The Morgan fingerprint density at radius 3 is 2.73 bits per heavy atom. The summed E-state index contributed by atoms with van der Waals surface area (Å²) in [5, 5.41) is 13.3. The third-order valence-electron chi connectivity index (χ3n) is 4.77. The first-order chi connectivity index (χ1) is 14.6. The summed E-state index contributed by atoms with van der Waals surface area (Å²) < 4.78 is 36.0. The maximum atomic E-state index is 14.1. The van der Waals surface area contributed by atoms with Crippen molar-refractivity contribution in [3.05, 3.63) is 65.6 Å². The van der Waals surface area contributed by atoms with Gasteiger partial charge in [0.2, 0.25) is 16.9 Å². The van der Waals surface area contributed by atoms with E-state index >= 15 is 0 Å². The summed E-state index contributed by atoms with van der Waals surface area (Å²) >= 11 is 6.31. The van der Waals surface area contributed by atoms with Crippen molar-refractivity contribution in [3.63, 3.8) is 0 Å². The summed E-state index contributed by atoms with van der Waals surface area (Å²) in [5.41, 5.74) is 1.93. The van der Waals surface area contributed by atoms with E-state index in [-0.39, 0.29) is 28.4 Å². The van der Waals surface area contributed by atoms with Crippen LogP contribution in [-0.4, -0.2) is 34.1 Å². The van der Waals surface area contributed by atoms with E-state index in [0.29, 0.717) is 11.3 Å². The number of nitrogens with zero attached hydrogens (tertiary/aromatic N) is 7. The fraction of sp³-hybridized carbons (Fsp3) is 0. The molecule has 0 fully saturated rings. The highest BCUT2D eigenvalue weighted by Crippen LogP contribution is 2.29. The van der Waals surface area contributed by atoms with Crippen LogP contribution in [0.3, 0.4) is 0 Å². The molecule has 4 aromatic heterocycles. The minimum Gasteiger partial charge on any atom is -0.330 e. The Kier molecular flexibility index (Phi) is 3.42. The van der Waals surface area contributed by atoms with Gasteiger partial charge >= 0.3 is 0 Å². The van der Waals surface area contributed by atoms with Gasteiger partial charge in [0.05, 0.1) is 17.3 Å². The van der Waals surface area contributed by atoms with Gasteiger partial charge in [-0.15, -0.1) is 10.2 Å². The zero-order chi connectivity index (χ0) is 20.4.